The Bertz CT molecular complexity index is 459. The lowest BCUT2D eigenvalue weighted by atomic mass is 9.42. The lowest BCUT2D eigenvalue weighted by Crippen LogP contribution is -2.63. The highest BCUT2D eigenvalue weighted by atomic mass is 16.3. The molecule has 0 heterocycles. The van der Waals surface area contributed by atoms with E-state index in [1.807, 2.05) is 6.92 Å². The molecular weight excluding hydrogens is 272 g/mol. The number of rotatable bonds is 0. The van der Waals surface area contributed by atoms with E-state index >= 15 is 0 Å². The second kappa shape index (κ2) is 4.72. The minimum atomic E-state index is -0.703. The van der Waals surface area contributed by atoms with Crippen molar-refractivity contribution in [3.63, 3.8) is 0 Å². The van der Waals surface area contributed by atoms with E-state index in [4.69, 9.17) is 0 Å². The third-order valence-electron chi connectivity index (χ3n) is 9.04. The molecule has 0 bridgehead atoms. The summed E-state index contributed by atoms with van der Waals surface area (Å²) in [5.74, 6) is 2.90. The summed E-state index contributed by atoms with van der Waals surface area (Å²) in [4.78, 5) is 0. The summed E-state index contributed by atoms with van der Waals surface area (Å²) in [6.07, 6.45) is 10.7. The summed E-state index contributed by atoms with van der Waals surface area (Å²) >= 11 is 0. The molecule has 4 aliphatic carbocycles. The van der Waals surface area contributed by atoms with Crippen LogP contribution in [0.1, 0.15) is 78.6 Å². The van der Waals surface area contributed by atoms with Gasteiger partial charge in [0.05, 0.1) is 11.7 Å². The Morgan fingerprint density at radius 1 is 0.909 bits per heavy atom. The summed E-state index contributed by atoms with van der Waals surface area (Å²) in [6, 6.07) is 0. The van der Waals surface area contributed by atoms with Gasteiger partial charge < -0.3 is 10.2 Å². The summed E-state index contributed by atoms with van der Waals surface area (Å²) in [5, 5.41) is 21.5. The Kier molecular flexibility index (Phi) is 3.32. The Morgan fingerprint density at radius 2 is 1.68 bits per heavy atom. The molecule has 126 valence electrons. The molecule has 3 unspecified atom stereocenters. The number of aliphatic hydroxyl groups excluding tert-OH is 1. The van der Waals surface area contributed by atoms with Gasteiger partial charge in [0.25, 0.3) is 0 Å². The smallest absolute Gasteiger partial charge is 0.0703 e. The quantitative estimate of drug-likeness (QED) is 0.706. The Hall–Kier alpha value is -0.0800. The van der Waals surface area contributed by atoms with E-state index in [0.29, 0.717) is 23.7 Å². The predicted octanol–water partition coefficient (Wildman–Crippen LogP) is 4.14. The molecule has 0 aromatic heterocycles. The van der Waals surface area contributed by atoms with Crippen LogP contribution in [0.15, 0.2) is 0 Å². The lowest BCUT2D eigenvalue weighted by Gasteiger charge is -2.65. The molecule has 4 saturated carbocycles. The maximum absolute atomic E-state index is 11.3. The first kappa shape index (κ1) is 15.4. The van der Waals surface area contributed by atoms with Gasteiger partial charge in [0.1, 0.15) is 0 Å². The van der Waals surface area contributed by atoms with Gasteiger partial charge in [-0.1, -0.05) is 20.3 Å². The molecule has 2 heteroatoms. The van der Waals surface area contributed by atoms with Crippen LogP contribution in [0.3, 0.4) is 0 Å². The molecule has 0 aromatic carbocycles. The number of hydrogen-bond acceptors (Lipinski definition) is 2. The first-order chi connectivity index (χ1) is 10.3. The minimum Gasteiger partial charge on any atom is -0.393 e. The van der Waals surface area contributed by atoms with E-state index in [0.717, 1.165) is 18.3 Å². The summed E-state index contributed by atoms with van der Waals surface area (Å²) < 4.78 is 0. The average molecular weight is 306 g/mol. The first-order valence-corrected chi connectivity index (χ1v) is 9.68. The Labute approximate surface area is 135 Å². The minimum absolute atomic E-state index is 0.0130. The molecule has 0 radical (unpaired) electrons. The lowest BCUT2D eigenvalue weighted by molar-refractivity contribution is -0.224. The van der Waals surface area contributed by atoms with Crippen LogP contribution in [0.2, 0.25) is 0 Å². The van der Waals surface area contributed by atoms with Gasteiger partial charge in [0.2, 0.25) is 0 Å². The predicted molar refractivity (Wildman–Crippen MR) is 88.4 cm³/mol. The van der Waals surface area contributed by atoms with E-state index < -0.39 is 5.60 Å². The van der Waals surface area contributed by atoms with Gasteiger partial charge in [-0.15, -0.1) is 0 Å². The summed E-state index contributed by atoms with van der Waals surface area (Å²) in [7, 11) is 0. The molecule has 22 heavy (non-hydrogen) atoms. The van der Waals surface area contributed by atoms with Gasteiger partial charge >= 0.3 is 0 Å². The SMILES string of the molecule is CC1(O)CC(O)CC2CC[C@@H]3[C@@H](CC[C@]4(C)CCC[C@@H]34)[C@]21C. The third-order valence-corrected chi connectivity index (χ3v) is 9.04. The van der Waals surface area contributed by atoms with Gasteiger partial charge in [-0.25, -0.2) is 0 Å². The van der Waals surface area contributed by atoms with Gasteiger partial charge in [-0.3, -0.25) is 0 Å². The van der Waals surface area contributed by atoms with Crippen LogP contribution < -0.4 is 0 Å². The van der Waals surface area contributed by atoms with Crippen molar-refractivity contribution in [1.29, 1.82) is 0 Å². The number of fused-ring (bicyclic) bond motifs is 5. The molecule has 2 N–H and O–H groups in total. The molecule has 4 rings (SSSR count). The topological polar surface area (TPSA) is 40.5 Å². The zero-order chi connectivity index (χ0) is 15.8. The van der Waals surface area contributed by atoms with Crippen molar-refractivity contribution in [2.75, 3.05) is 0 Å². The Balaban J connectivity index is 1.70. The van der Waals surface area contributed by atoms with Crippen LogP contribution in [0.25, 0.3) is 0 Å². The maximum atomic E-state index is 11.3. The summed E-state index contributed by atoms with van der Waals surface area (Å²) in [5.41, 5.74) is -0.103. The first-order valence-electron chi connectivity index (χ1n) is 9.68. The molecule has 4 fully saturated rings. The fraction of sp³-hybridized carbons (Fsp3) is 1.00. The van der Waals surface area contributed by atoms with Crippen LogP contribution in [0.4, 0.5) is 0 Å². The second-order valence-electron chi connectivity index (χ2n) is 9.89. The normalized spacial score (nSPS) is 61.2. The third kappa shape index (κ3) is 1.86. The maximum Gasteiger partial charge on any atom is 0.0703 e. The van der Waals surface area contributed by atoms with E-state index in [9.17, 15) is 10.2 Å². The van der Waals surface area contributed by atoms with E-state index in [-0.39, 0.29) is 11.5 Å². The van der Waals surface area contributed by atoms with Gasteiger partial charge in [-0.05, 0) is 81.0 Å². The van der Waals surface area contributed by atoms with E-state index in [1.54, 1.807) is 0 Å². The van der Waals surface area contributed by atoms with Crippen LogP contribution in [-0.4, -0.2) is 21.9 Å². The number of hydrogen-bond donors (Lipinski definition) is 2. The molecule has 2 nitrogen and oxygen atoms in total. The largest absolute Gasteiger partial charge is 0.393 e. The van der Waals surface area contributed by atoms with Crippen LogP contribution in [0, 0.1) is 34.5 Å². The second-order valence-corrected chi connectivity index (χ2v) is 9.89. The van der Waals surface area contributed by atoms with Crippen LogP contribution in [-0.2, 0) is 0 Å². The highest BCUT2D eigenvalue weighted by Crippen LogP contribution is 2.68. The summed E-state index contributed by atoms with van der Waals surface area (Å²) in [6.45, 7) is 6.93. The van der Waals surface area contributed by atoms with Crippen LogP contribution in [0.5, 0.6) is 0 Å². The molecule has 0 amide bonds. The molecule has 0 spiro atoms. The van der Waals surface area contributed by atoms with Crippen molar-refractivity contribution in [2.24, 2.45) is 34.5 Å². The highest BCUT2D eigenvalue weighted by molar-refractivity contribution is 5.13. The number of aliphatic hydroxyl groups is 2. The fourth-order valence-electron chi connectivity index (χ4n) is 7.72. The molecule has 4 aliphatic rings. The van der Waals surface area contributed by atoms with Crippen molar-refractivity contribution >= 4 is 0 Å². The molecule has 0 aromatic rings. The average Bonchev–Trinajstić information content (AvgIpc) is 2.81. The van der Waals surface area contributed by atoms with Gasteiger partial charge in [-0.2, -0.15) is 0 Å². The van der Waals surface area contributed by atoms with Gasteiger partial charge in [0.15, 0.2) is 0 Å². The zero-order valence-corrected chi connectivity index (χ0v) is 14.6. The van der Waals surface area contributed by atoms with Crippen molar-refractivity contribution < 1.29 is 10.2 Å². The highest BCUT2D eigenvalue weighted by Gasteiger charge is 2.63. The standard InChI is InChI=1S/C20H34O2/c1-18-9-4-5-16(18)15-7-6-13-11-14(21)12-19(2,22)20(13,3)17(15)8-10-18/h13-17,21-22H,4-12H2,1-3H3/t13?,14?,15-,16-,17+,18-,19?,20-/m0/s1. The molecule has 0 saturated heterocycles. The van der Waals surface area contributed by atoms with E-state index in [2.05, 4.69) is 13.8 Å². The molecule has 8 atom stereocenters. The van der Waals surface area contributed by atoms with Crippen molar-refractivity contribution in [1.82, 2.24) is 0 Å². The van der Waals surface area contributed by atoms with Crippen molar-refractivity contribution in [3.05, 3.63) is 0 Å². The van der Waals surface area contributed by atoms with E-state index in [1.165, 1.54) is 44.9 Å². The Morgan fingerprint density at radius 3 is 2.45 bits per heavy atom. The monoisotopic (exact) mass is 306 g/mol. The molecular formula is C20H34O2. The van der Waals surface area contributed by atoms with Crippen molar-refractivity contribution in [3.8, 4) is 0 Å². The zero-order valence-electron chi connectivity index (χ0n) is 14.6. The fourth-order valence-corrected chi connectivity index (χ4v) is 7.72. The van der Waals surface area contributed by atoms with Gasteiger partial charge in [0, 0.05) is 11.8 Å². The van der Waals surface area contributed by atoms with Crippen molar-refractivity contribution in [2.45, 2.75) is 90.3 Å². The molecule has 0 aliphatic heterocycles. The van der Waals surface area contributed by atoms with Crippen LogP contribution >= 0.6 is 0 Å².